The Morgan fingerprint density at radius 1 is 1.27 bits per heavy atom. The first-order chi connectivity index (χ1) is 7.26. The van der Waals surface area contributed by atoms with Crippen molar-refractivity contribution in [1.82, 2.24) is 10.2 Å². The lowest BCUT2D eigenvalue weighted by Crippen LogP contribution is -2.39. The van der Waals surface area contributed by atoms with Crippen molar-refractivity contribution >= 4 is 5.91 Å². The third kappa shape index (κ3) is 7.33. The van der Waals surface area contributed by atoms with E-state index in [1.54, 1.807) is 7.11 Å². The van der Waals surface area contributed by atoms with E-state index in [2.05, 4.69) is 19.2 Å². The van der Waals surface area contributed by atoms with E-state index in [4.69, 9.17) is 4.74 Å². The van der Waals surface area contributed by atoms with Crippen LogP contribution in [-0.4, -0.2) is 50.7 Å². The third-order valence-corrected chi connectivity index (χ3v) is 2.10. The van der Waals surface area contributed by atoms with Crippen molar-refractivity contribution in [1.29, 1.82) is 0 Å². The number of ether oxygens (including phenoxy) is 1. The summed E-state index contributed by atoms with van der Waals surface area (Å²) in [5.74, 6) is 0.190. The Hall–Kier alpha value is -0.610. The van der Waals surface area contributed by atoms with Crippen molar-refractivity contribution < 1.29 is 9.53 Å². The second kappa shape index (κ2) is 9.93. The highest BCUT2D eigenvalue weighted by Crippen LogP contribution is 1.94. The molecule has 0 aromatic carbocycles. The van der Waals surface area contributed by atoms with E-state index in [1.807, 2.05) is 4.90 Å². The molecule has 0 aromatic rings. The Bertz CT molecular complexity index is 157. The molecule has 0 bridgehead atoms. The molecule has 0 aliphatic rings. The largest absolute Gasteiger partial charge is 0.383 e. The van der Waals surface area contributed by atoms with Gasteiger partial charge < -0.3 is 15.0 Å². The molecule has 0 saturated heterocycles. The summed E-state index contributed by atoms with van der Waals surface area (Å²) in [7, 11) is 1.66. The molecule has 4 nitrogen and oxygen atoms in total. The topological polar surface area (TPSA) is 41.6 Å². The SMILES string of the molecule is CCCN(CCC)C(=O)CNCCOC. The molecule has 0 aliphatic carbocycles. The van der Waals surface area contributed by atoms with E-state index in [1.165, 1.54) is 0 Å². The Labute approximate surface area is 93.0 Å². The highest BCUT2D eigenvalue weighted by atomic mass is 16.5. The van der Waals surface area contributed by atoms with Crippen molar-refractivity contribution in [2.75, 3.05) is 39.9 Å². The minimum Gasteiger partial charge on any atom is -0.383 e. The molecular formula is C11H24N2O2. The fourth-order valence-electron chi connectivity index (χ4n) is 1.38. The van der Waals surface area contributed by atoms with Gasteiger partial charge in [0.15, 0.2) is 0 Å². The molecule has 0 aromatic heterocycles. The van der Waals surface area contributed by atoms with Crippen LogP contribution in [0.2, 0.25) is 0 Å². The molecule has 0 fully saturated rings. The Morgan fingerprint density at radius 2 is 1.87 bits per heavy atom. The lowest BCUT2D eigenvalue weighted by molar-refractivity contribution is -0.130. The van der Waals surface area contributed by atoms with Crippen LogP contribution in [0.3, 0.4) is 0 Å². The number of amides is 1. The number of nitrogens with zero attached hydrogens (tertiary/aromatic N) is 1. The van der Waals surface area contributed by atoms with Gasteiger partial charge in [-0.1, -0.05) is 13.8 Å². The summed E-state index contributed by atoms with van der Waals surface area (Å²) in [6.07, 6.45) is 2.04. The summed E-state index contributed by atoms with van der Waals surface area (Å²) in [5.41, 5.74) is 0. The molecule has 0 radical (unpaired) electrons. The average molecular weight is 216 g/mol. The van der Waals surface area contributed by atoms with Gasteiger partial charge in [0.1, 0.15) is 0 Å². The summed E-state index contributed by atoms with van der Waals surface area (Å²) in [5, 5.41) is 3.07. The highest BCUT2D eigenvalue weighted by Gasteiger charge is 2.10. The molecule has 1 amide bonds. The maximum Gasteiger partial charge on any atom is 0.236 e. The molecule has 4 heteroatoms. The number of hydrogen-bond donors (Lipinski definition) is 1. The van der Waals surface area contributed by atoms with Gasteiger partial charge in [-0.2, -0.15) is 0 Å². The van der Waals surface area contributed by atoms with E-state index < -0.39 is 0 Å². The van der Waals surface area contributed by atoms with Gasteiger partial charge in [0.25, 0.3) is 0 Å². The maximum absolute atomic E-state index is 11.7. The first-order valence-electron chi connectivity index (χ1n) is 5.73. The van der Waals surface area contributed by atoms with E-state index in [-0.39, 0.29) is 5.91 Å². The minimum absolute atomic E-state index is 0.190. The van der Waals surface area contributed by atoms with E-state index >= 15 is 0 Å². The molecule has 0 heterocycles. The van der Waals surface area contributed by atoms with Crippen molar-refractivity contribution in [3.63, 3.8) is 0 Å². The van der Waals surface area contributed by atoms with Crippen LogP contribution in [0.15, 0.2) is 0 Å². The van der Waals surface area contributed by atoms with Crippen LogP contribution in [-0.2, 0) is 9.53 Å². The van der Waals surface area contributed by atoms with Gasteiger partial charge >= 0.3 is 0 Å². The van der Waals surface area contributed by atoms with Crippen LogP contribution in [0.5, 0.6) is 0 Å². The average Bonchev–Trinajstić information content (AvgIpc) is 2.24. The van der Waals surface area contributed by atoms with Crippen LogP contribution in [0.1, 0.15) is 26.7 Å². The van der Waals surface area contributed by atoms with Crippen molar-refractivity contribution in [3.8, 4) is 0 Å². The molecule has 0 saturated carbocycles. The molecule has 15 heavy (non-hydrogen) atoms. The smallest absolute Gasteiger partial charge is 0.236 e. The summed E-state index contributed by atoms with van der Waals surface area (Å²) >= 11 is 0. The van der Waals surface area contributed by atoms with Gasteiger partial charge in [-0.25, -0.2) is 0 Å². The van der Waals surface area contributed by atoms with Crippen LogP contribution < -0.4 is 5.32 Å². The van der Waals surface area contributed by atoms with Gasteiger partial charge in [0.05, 0.1) is 13.2 Å². The van der Waals surface area contributed by atoms with Crippen LogP contribution in [0.4, 0.5) is 0 Å². The normalized spacial score (nSPS) is 10.3. The van der Waals surface area contributed by atoms with Crippen molar-refractivity contribution in [2.24, 2.45) is 0 Å². The van der Waals surface area contributed by atoms with Crippen molar-refractivity contribution in [2.45, 2.75) is 26.7 Å². The van der Waals surface area contributed by atoms with Gasteiger partial charge in [-0.05, 0) is 12.8 Å². The Balaban J connectivity index is 3.70. The maximum atomic E-state index is 11.7. The Morgan fingerprint density at radius 3 is 2.33 bits per heavy atom. The second-order valence-electron chi connectivity index (χ2n) is 3.55. The summed E-state index contributed by atoms with van der Waals surface area (Å²) in [6, 6.07) is 0. The van der Waals surface area contributed by atoms with Gasteiger partial charge in [0.2, 0.25) is 5.91 Å². The zero-order chi connectivity index (χ0) is 11.5. The molecular weight excluding hydrogens is 192 g/mol. The standard InChI is InChI=1S/C11H24N2O2/c1-4-7-13(8-5-2)11(14)10-12-6-9-15-3/h12H,4-10H2,1-3H3. The second-order valence-corrected chi connectivity index (χ2v) is 3.55. The molecule has 0 atom stereocenters. The summed E-state index contributed by atoms with van der Waals surface area (Å²) in [4.78, 5) is 13.6. The fourth-order valence-corrected chi connectivity index (χ4v) is 1.38. The molecule has 0 rings (SSSR count). The van der Waals surface area contributed by atoms with Crippen LogP contribution in [0.25, 0.3) is 0 Å². The number of carbonyl (C=O) groups is 1. The van der Waals surface area contributed by atoms with Crippen LogP contribution >= 0.6 is 0 Å². The predicted molar refractivity (Wildman–Crippen MR) is 61.9 cm³/mol. The molecule has 1 N–H and O–H groups in total. The number of nitrogens with one attached hydrogen (secondary N) is 1. The number of carbonyl (C=O) groups excluding carboxylic acids is 1. The van der Waals surface area contributed by atoms with Gasteiger partial charge in [-0.15, -0.1) is 0 Å². The zero-order valence-electron chi connectivity index (χ0n) is 10.2. The summed E-state index contributed by atoms with van der Waals surface area (Å²) in [6.45, 7) is 7.70. The number of hydrogen-bond acceptors (Lipinski definition) is 3. The lowest BCUT2D eigenvalue weighted by Gasteiger charge is -2.21. The van der Waals surface area contributed by atoms with E-state index in [0.717, 1.165) is 32.5 Å². The molecule has 90 valence electrons. The quantitative estimate of drug-likeness (QED) is 0.582. The zero-order valence-corrected chi connectivity index (χ0v) is 10.2. The fraction of sp³-hybridized carbons (Fsp3) is 0.909. The molecule has 0 spiro atoms. The third-order valence-electron chi connectivity index (χ3n) is 2.10. The molecule has 0 unspecified atom stereocenters. The van der Waals surface area contributed by atoms with E-state index in [0.29, 0.717) is 13.2 Å². The minimum atomic E-state index is 0.190. The van der Waals surface area contributed by atoms with Crippen molar-refractivity contribution in [3.05, 3.63) is 0 Å². The molecule has 0 aliphatic heterocycles. The van der Waals surface area contributed by atoms with Gasteiger partial charge in [-0.3, -0.25) is 4.79 Å². The first kappa shape index (κ1) is 14.4. The number of rotatable bonds is 9. The monoisotopic (exact) mass is 216 g/mol. The summed E-state index contributed by atoms with van der Waals surface area (Å²) < 4.78 is 4.89. The number of methoxy groups -OCH3 is 1. The Kier molecular flexibility index (Phi) is 9.52. The first-order valence-corrected chi connectivity index (χ1v) is 5.73. The van der Waals surface area contributed by atoms with E-state index in [9.17, 15) is 4.79 Å². The highest BCUT2D eigenvalue weighted by molar-refractivity contribution is 5.78. The lowest BCUT2D eigenvalue weighted by atomic mass is 10.3. The van der Waals surface area contributed by atoms with Crippen LogP contribution in [0, 0.1) is 0 Å². The van der Waals surface area contributed by atoms with Gasteiger partial charge in [0, 0.05) is 26.7 Å². The predicted octanol–water partition coefficient (Wildman–Crippen LogP) is 0.871.